The molecule has 1 N–H and O–H groups in total. The first-order valence-corrected chi connectivity index (χ1v) is 9.60. The molecule has 4 bridgehead atoms. The Morgan fingerprint density at radius 2 is 2.05 bits per heavy atom. The molecule has 114 valence electrons. The molecular weight excluding hydrogens is 346 g/mol. The van der Waals surface area contributed by atoms with Gasteiger partial charge in [0.05, 0.1) is 15.7 Å². The fourth-order valence-electron chi connectivity index (χ4n) is 5.79. The highest BCUT2D eigenvalue weighted by Crippen LogP contribution is 2.65. The van der Waals surface area contributed by atoms with Crippen LogP contribution >= 0.6 is 27.3 Å². The molecule has 2 atom stereocenters. The first-order valence-electron chi connectivity index (χ1n) is 7.99. The van der Waals surface area contributed by atoms with Crippen molar-refractivity contribution < 1.29 is 4.79 Å². The Kier molecular flexibility index (Phi) is 3.27. The zero-order chi connectivity index (χ0) is 14.7. The summed E-state index contributed by atoms with van der Waals surface area (Å²) < 4.78 is 1.13. The van der Waals surface area contributed by atoms with Crippen molar-refractivity contribution in [3.63, 3.8) is 0 Å². The zero-order valence-electron chi connectivity index (χ0n) is 12.5. The average molecular weight is 368 g/mol. The summed E-state index contributed by atoms with van der Waals surface area (Å²) in [4.78, 5) is 14.1. The second-order valence-electron chi connectivity index (χ2n) is 7.94. The van der Waals surface area contributed by atoms with Crippen molar-refractivity contribution >= 4 is 33.2 Å². The predicted octanol–water partition coefficient (Wildman–Crippen LogP) is 4.73. The fourth-order valence-corrected chi connectivity index (χ4v) is 7.21. The molecule has 0 aliphatic heterocycles. The highest BCUT2D eigenvalue weighted by Gasteiger charge is 2.58. The molecule has 0 saturated heterocycles. The maximum absolute atomic E-state index is 12.9. The van der Waals surface area contributed by atoms with Gasteiger partial charge in [0.2, 0.25) is 5.91 Å². The molecule has 2 nitrogen and oxygen atoms in total. The topological polar surface area (TPSA) is 29.1 Å². The van der Waals surface area contributed by atoms with Gasteiger partial charge in [-0.2, -0.15) is 0 Å². The Morgan fingerprint density at radius 1 is 1.33 bits per heavy atom. The predicted molar refractivity (Wildman–Crippen MR) is 89.1 cm³/mol. The minimum atomic E-state index is -0.0483. The number of thiophene rings is 1. The van der Waals surface area contributed by atoms with Gasteiger partial charge in [-0.25, -0.2) is 0 Å². The van der Waals surface area contributed by atoms with Crippen LogP contribution in [0.4, 0.5) is 0 Å². The van der Waals surface area contributed by atoms with Crippen LogP contribution in [-0.4, -0.2) is 5.91 Å². The van der Waals surface area contributed by atoms with Gasteiger partial charge in [-0.1, -0.05) is 6.92 Å². The molecule has 2 unspecified atom stereocenters. The Morgan fingerprint density at radius 3 is 2.62 bits per heavy atom. The molecule has 4 fully saturated rings. The number of carbonyl (C=O) groups excluding carboxylic acids is 1. The second kappa shape index (κ2) is 4.82. The summed E-state index contributed by atoms with van der Waals surface area (Å²) >= 11 is 5.19. The Hall–Kier alpha value is -0.350. The number of nitrogens with one attached hydrogen (secondary N) is 1. The average Bonchev–Trinajstić information content (AvgIpc) is 2.79. The number of amides is 1. The standard InChI is InChI=1S/C17H22BrNOS/c1-16-5-11-4-12(6-16)8-17(7-11,10-16)15(20)19-9-13-2-3-14(18)21-13/h2-3,11-12H,4-10H2,1H3,(H,19,20). The van der Waals surface area contributed by atoms with Gasteiger partial charge in [-0.05, 0) is 83.8 Å². The third kappa shape index (κ3) is 2.48. The largest absolute Gasteiger partial charge is 0.351 e. The highest BCUT2D eigenvalue weighted by atomic mass is 79.9. The van der Waals surface area contributed by atoms with Gasteiger partial charge in [0.25, 0.3) is 0 Å². The van der Waals surface area contributed by atoms with Crippen LogP contribution < -0.4 is 5.32 Å². The molecule has 4 saturated carbocycles. The van der Waals surface area contributed by atoms with E-state index in [1.807, 2.05) is 0 Å². The van der Waals surface area contributed by atoms with Crippen molar-refractivity contribution in [2.75, 3.05) is 0 Å². The molecular formula is C17H22BrNOS. The van der Waals surface area contributed by atoms with Gasteiger partial charge < -0.3 is 5.32 Å². The molecule has 4 heteroatoms. The smallest absolute Gasteiger partial charge is 0.226 e. The van der Waals surface area contributed by atoms with E-state index in [1.54, 1.807) is 11.3 Å². The number of hydrogen-bond donors (Lipinski definition) is 1. The Bertz CT molecular complexity index is 567. The van der Waals surface area contributed by atoms with Crippen LogP contribution in [0.25, 0.3) is 0 Å². The van der Waals surface area contributed by atoms with Crippen molar-refractivity contribution in [2.24, 2.45) is 22.7 Å². The quantitative estimate of drug-likeness (QED) is 0.821. The van der Waals surface area contributed by atoms with E-state index in [-0.39, 0.29) is 5.41 Å². The molecule has 0 radical (unpaired) electrons. The summed E-state index contributed by atoms with van der Waals surface area (Å²) in [5.74, 6) is 1.93. The number of halogens is 1. The first-order chi connectivity index (χ1) is 9.96. The Labute approximate surface area is 138 Å². The van der Waals surface area contributed by atoms with E-state index in [9.17, 15) is 4.79 Å². The normalized spacial score (nSPS) is 40.5. The molecule has 4 aliphatic carbocycles. The minimum absolute atomic E-state index is 0.0483. The third-order valence-electron chi connectivity index (χ3n) is 5.89. The minimum Gasteiger partial charge on any atom is -0.351 e. The summed E-state index contributed by atoms with van der Waals surface area (Å²) in [6, 6.07) is 4.15. The zero-order valence-corrected chi connectivity index (χ0v) is 14.9. The maximum atomic E-state index is 12.9. The fraction of sp³-hybridized carbons (Fsp3) is 0.706. The summed E-state index contributed by atoms with van der Waals surface area (Å²) in [6.45, 7) is 3.10. The molecule has 1 aromatic rings. The molecule has 1 aromatic heterocycles. The lowest BCUT2D eigenvalue weighted by atomic mass is 9.44. The van der Waals surface area contributed by atoms with Gasteiger partial charge >= 0.3 is 0 Å². The third-order valence-corrected chi connectivity index (χ3v) is 7.51. The summed E-state index contributed by atoms with van der Waals surface area (Å²) in [7, 11) is 0. The Balaban J connectivity index is 1.49. The molecule has 4 aliphatic rings. The molecule has 0 aromatic carbocycles. The van der Waals surface area contributed by atoms with E-state index in [0.717, 1.165) is 34.9 Å². The van der Waals surface area contributed by atoms with Crippen LogP contribution in [0.3, 0.4) is 0 Å². The van der Waals surface area contributed by atoms with E-state index in [1.165, 1.54) is 24.1 Å². The van der Waals surface area contributed by atoms with Crippen LogP contribution in [0, 0.1) is 22.7 Å². The van der Waals surface area contributed by atoms with Crippen LogP contribution in [0.5, 0.6) is 0 Å². The number of hydrogen-bond acceptors (Lipinski definition) is 2. The van der Waals surface area contributed by atoms with Crippen molar-refractivity contribution in [1.82, 2.24) is 5.32 Å². The van der Waals surface area contributed by atoms with E-state index < -0.39 is 0 Å². The van der Waals surface area contributed by atoms with Crippen molar-refractivity contribution in [1.29, 1.82) is 0 Å². The lowest BCUT2D eigenvalue weighted by Crippen LogP contribution is -2.56. The SMILES string of the molecule is CC12CC3CC(C1)CC(C(=O)NCc1ccc(Br)s1)(C3)C2. The monoisotopic (exact) mass is 367 g/mol. The summed E-state index contributed by atoms with van der Waals surface area (Å²) in [6.07, 6.45) is 7.49. The van der Waals surface area contributed by atoms with Gasteiger partial charge in [0, 0.05) is 4.88 Å². The first kappa shape index (κ1) is 14.3. The molecule has 0 spiro atoms. The van der Waals surface area contributed by atoms with E-state index in [2.05, 4.69) is 40.3 Å². The van der Waals surface area contributed by atoms with Crippen LogP contribution in [-0.2, 0) is 11.3 Å². The van der Waals surface area contributed by atoms with Crippen molar-refractivity contribution in [3.8, 4) is 0 Å². The number of carbonyl (C=O) groups is 1. The molecule has 21 heavy (non-hydrogen) atoms. The van der Waals surface area contributed by atoms with Crippen LogP contribution in [0.2, 0.25) is 0 Å². The van der Waals surface area contributed by atoms with Crippen LogP contribution in [0.1, 0.15) is 50.3 Å². The lowest BCUT2D eigenvalue weighted by molar-refractivity contribution is -0.155. The van der Waals surface area contributed by atoms with Gasteiger partial charge in [0.15, 0.2) is 0 Å². The highest BCUT2D eigenvalue weighted by molar-refractivity contribution is 9.11. The van der Waals surface area contributed by atoms with Crippen LogP contribution in [0.15, 0.2) is 15.9 Å². The molecule has 1 amide bonds. The van der Waals surface area contributed by atoms with Crippen molar-refractivity contribution in [3.05, 3.63) is 20.8 Å². The lowest BCUT2D eigenvalue weighted by Gasteiger charge is -2.60. The van der Waals surface area contributed by atoms with Gasteiger partial charge in [0.1, 0.15) is 0 Å². The summed E-state index contributed by atoms with van der Waals surface area (Å²) in [5, 5.41) is 3.24. The molecule has 5 rings (SSSR count). The maximum Gasteiger partial charge on any atom is 0.226 e. The summed E-state index contributed by atoms with van der Waals surface area (Å²) in [5.41, 5.74) is 0.390. The number of rotatable bonds is 3. The van der Waals surface area contributed by atoms with E-state index >= 15 is 0 Å². The van der Waals surface area contributed by atoms with Gasteiger partial charge in [-0.15, -0.1) is 11.3 Å². The van der Waals surface area contributed by atoms with Crippen molar-refractivity contribution in [2.45, 2.75) is 52.0 Å². The molecule has 1 heterocycles. The second-order valence-corrected chi connectivity index (χ2v) is 10.5. The van der Waals surface area contributed by atoms with Gasteiger partial charge in [-0.3, -0.25) is 4.79 Å². The van der Waals surface area contributed by atoms with E-state index in [0.29, 0.717) is 17.9 Å². The van der Waals surface area contributed by atoms with E-state index in [4.69, 9.17) is 0 Å².